The molecule has 22 heavy (non-hydrogen) atoms. The molecule has 0 heterocycles. The molecule has 0 saturated carbocycles. The number of rotatable bonds is 0. The zero-order valence-corrected chi connectivity index (χ0v) is 16.0. The molecule has 0 aromatic heterocycles. The van der Waals surface area contributed by atoms with Gasteiger partial charge in [0, 0.05) is 11.1 Å². The molecule has 1 aromatic rings. The Labute approximate surface area is 135 Å². The molecule has 0 amide bonds. The lowest BCUT2D eigenvalue weighted by atomic mass is 10.0. The first-order valence-electron chi connectivity index (χ1n) is 7.10. The summed E-state index contributed by atoms with van der Waals surface area (Å²) in [5.41, 5.74) is 8.71. The first-order valence-corrected chi connectivity index (χ1v) is 14.1. The highest BCUT2D eigenvalue weighted by Gasteiger charge is 2.12. The van der Waals surface area contributed by atoms with Crippen LogP contribution < -0.4 is 0 Å². The van der Waals surface area contributed by atoms with Gasteiger partial charge in [-0.3, -0.25) is 0 Å². The summed E-state index contributed by atoms with van der Waals surface area (Å²) >= 11 is 0. The third kappa shape index (κ3) is 5.63. The van der Waals surface area contributed by atoms with Gasteiger partial charge < -0.3 is 0 Å². The Bertz CT molecular complexity index is 717. The highest BCUT2D eigenvalue weighted by molar-refractivity contribution is 6.84. The van der Waals surface area contributed by atoms with E-state index in [0.717, 1.165) is 0 Å². The van der Waals surface area contributed by atoms with Crippen LogP contribution in [0.5, 0.6) is 0 Å². The van der Waals surface area contributed by atoms with Crippen LogP contribution in [0, 0.1) is 45.6 Å². The predicted octanol–water partition coefficient (Wildman–Crippen LogP) is 3.89. The Balaban J connectivity index is 3.48. The molecule has 110 valence electrons. The Hall–Kier alpha value is -2.25. The largest absolute Gasteiger partial charge is 0.192 e. The van der Waals surface area contributed by atoms with Gasteiger partial charge in [0.1, 0.15) is 28.3 Å². The average molecular weight is 321 g/mol. The molecule has 0 radical (unpaired) electrons. The molecule has 0 N–H and O–H groups in total. The normalized spacial score (nSPS) is 10.4. The van der Waals surface area contributed by atoms with Crippen molar-refractivity contribution in [3.05, 3.63) is 34.4 Å². The zero-order valence-electron chi connectivity index (χ0n) is 14.0. The van der Waals surface area contributed by atoms with Crippen LogP contribution in [0.25, 0.3) is 0 Å². The van der Waals surface area contributed by atoms with E-state index in [1.54, 1.807) is 12.1 Å². The molecule has 1 aromatic carbocycles. The first kappa shape index (κ1) is 17.8. The van der Waals surface area contributed by atoms with Crippen molar-refractivity contribution >= 4 is 16.1 Å². The summed E-state index contributed by atoms with van der Waals surface area (Å²) in [6.45, 7) is 12.9. The summed E-state index contributed by atoms with van der Waals surface area (Å²) in [6, 6.07) is 7.72. The Morgan fingerprint density at radius 3 is 1.18 bits per heavy atom. The Morgan fingerprint density at radius 2 is 0.955 bits per heavy atom. The van der Waals surface area contributed by atoms with Crippen LogP contribution in [0.4, 0.5) is 0 Å². The smallest absolute Gasteiger partial charge is 0.129 e. The van der Waals surface area contributed by atoms with Gasteiger partial charge in [0.05, 0.1) is 11.1 Å². The van der Waals surface area contributed by atoms with Crippen LogP contribution in [0.1, 0.15) is 22.3 Å². The van der Waals surface area contributed by atoms with Crippen molar-refractivity contribution in [1.82, 2.24) is 0 Å². The molecule has 0 saturated heterocycles. The van der Waals surface area contributed by atoms with E-state index in [1.807, 2.05) is 0 Å². The Morgan fingerprint density at radius 1 is 0.636 bits per heavy atom. The molecule has 0 unspecified atom stereocenters. The lowest BCUT2D eigenvalue weighted by Crippen LogP contribution is -2.16. The number of benzene rings is 1. The fourth-order valence-electron chi connectivity index (χ4n) is 1.50. The molecule has 0 aliphatic heterocycles. The van der Waals surface area contributed by atoms with Crippen molar-refractivity contribution in [3.8, 4) is 35.1 Å². The summed E-state index contributed by atoms with van der Waals surface area (Å²) in [7, 11) is -3.07. The summed E-state index contributed by atoms with van der Waals surface area (Å²) in [6.07, 6.45) is 0. The van der Waals surface area contributed by atoms with E-state index < -0.39 is 16.1 Å². The van der Waals surface area contributed by atoms with Crippen molar-refractivity contribution in [2.24, 2.45) is 0 Å². The van der Waals surface area contributed by atoms with Crippen LogP contribution in [-0.4, -0.2) is 16.1 Å². The van der Waals surface area contributed by atoms with E-state index in [-0.39, 0.29) is 0 Å². The number of hydrogen-bond acceptors (Lipinski definition) is 2. The zero-order chi connectivity index (χ0) is 17.0. The van der Waals surface area contributed by atoms with E-state index in [1.165, 1.54) is 0 Å². The van der Waals surface area contributed by atoms with Gasteiger partial charge in [-0.05, 0) is 12.1 Å². The molecular weight excluding hydrogens is 300 g/mol. The lowest BCUT2D eigenvalue weighted by molar-refractivity contribution is 1.42. The third-order valence-electron chi connectivity index (χ3n) is 2.54. The number of nitriles is 2. The monoisotopic (exact) mass is 320 g/mol. The lowest BCUT2D eigenvalue weighted by Gasteiger charge is -2.06. The minimum Gasteiger partial charge on any atom is -0.192 e. The molecular formula is C18H20N2Si2. The summed E-state index contributed by atoms with van der Waals surface area (Å²) < 4.78 is 0. The van der Waals surface area contributed by atoms with Gasteiger partial charge in [-0.25, -0.2) is 0 Å². The standard InChI is InChI=1S/C18H20N2Si2/c1-21(2,3)9-7-15-11-18(14-20)16(12-17(15)13-19)8-10-22(4,5)6/h11-12H,1-6H3. The fourth-order valence-corrected chi connectivity index (χ4v) is 2.52. The molecule has 4 heteroatoms. The number of hydrogen-bond donors (Lipinski definition) is 0. The molecule has 0 aliphatic carbocycles. The Kier molecular flexibility index (Phi) is 5.40. The quantitative estimate of drug-likeness (QED) is 0.538. The second kappa shape index (κ2) is 6.68. The van der Waals surface area contributed by atoms with Crippen LogP contribution in [0.3, 0.4) is 0 Å². The third-order valence-corrected chi connectivity index (χ3v) is 4.29. The minimum atomic E-state index is -1.53. The molecule has 0 spiro atoms. The van der Waals surface area contributed by atoms with Crippen molar-refractivity contribution in [2.75, 3.05) is 0 Å². The van der Waals surface area contributed by atoms with Crippen LogP contribution >= 0.6 is 0 Å². The van der Waals surface area contributed by atoms with Gasteiger partial charge in [0.25, 0.3) is 0 Å². The van der Waals surface area contributed by atoms with Gasteiger partial charge >= 0.3 is 0 Å². The SMILES string of the molecule is C[Si](C)(C)C#Cc1cc(C#N)c(C#C[Si](C)(C)C)cc1C#N. The van der Waals surface area contributed by atoms with E-state index in [9.17, 15) is 10.5 Å². The van der Waals surface area contributed by atoms with E-state index >= 15 is 0 Å². The summed E-state index contributed by atoms with van der Waals surface area (Å²) in [5.74, 6) is 6.15. The van der Waals surface area contributed by atoms with Gasteiger partial charge in [0.2, 0.25) is 0 Å². The summed E-state index contributed by atoms with van der Waals surface area (Å²) in [4.78, 5) is 0. The second-order valence-electron chi connectivity index (χ2n) is 7.17. The number of nitrogens with zero attached hydrogens (tertiary/aromatic N) is 2. The van der Waals surface area contributed by atoms with Crippen molar-refractivity contribution in [1.29, 1.82) is 10.5 Å². The molecule has 0 atom stereocenters. The fraction of sp³-hybridized carbons (Fsp3) is 0.333. The highest BCUT2D eigenvalue weighted by atomic mass is 28.3. The van der Waals surface area contributed by atoms with Gasteiger partial charge in [0.15, 0.2) is 0 Å². The van der Waals surface area contributed by atoms with Crippen molar-refractivity contribution in [3.63, 3.8) is 0 Å². The molecule has 2 nitrogen and oxygen atoms in total. The maximum atomic E-state index is 9.34. The summed E-state index contributed by atoms with van der Waals surface area (Å²) in [5, 5.41) is 18.7. The van der Waals surface area contributed by atoms with Gasteiger partial charge in [-0.2, -0.15) is 10.5 Å². The predicted molar refractivity (Wildman–Crippen MR) is 96.3 cm³/mol. The van der Waals surface area contributed by atoms with Gasteiger partial charge in [-0.15, -0.1) is 11.1 Å². The molecule has 0 aliphatic rings. The molecule has 0 fully saturated rings. The van der Waals surface area contributed by atoms with Crippen LogP contribution in [0.15, 0.2) is 12.1 Å². The van der Waals surface area contributed by atoms with E-state index in [2.05, 4.69) is 74.3 Å². The molecule has 0 bridgehead atoms. The van der Waals surface area contributed by atoms with Crippen LogP contribution in [-0.2, 0) is 0 Å². The van der Waals surface area contributed by atoms with Crippen molar-refractivity contribution < 1.29 is 0 Å². The molecule has 1 rings (SSSR count). The van der Waals surface area contributed by atoms with Crippen molar-refractivity contribution in [2.45, 2.75) is 39.3 Å². The highest BCUT2D eigenvalue weighted by Crippen LogP contribution is 2.16. The topological polar surface area (TPSA) is 47.6 Å². The maximum Gasteiger partial charge on any atom is 0.129 e. The van der Waals surface area contributed by atoms with Crippen LogP contribution in [0.2, 0.25) is 39.3 Å². The minimum absolute atomic E-state index is 0.490. The first-order chi connectivity index (χ1) is 10.1. The maximum absolute atomic E-state index is 9.34. The second-order valence-corrected chi connectivity index (χ2v) is 16.7. The average Bonchev–Trinajstić information content (AvgIpc) is 2.40. The van der Waals surface area contributed by atoms with Gasteiger partial charge in [-0.1, -0.05) is 51.1 Å². The van der Waals surface area contributed by atoms with E-state index in [4.69, 9.17) is 0 Å². The van der Waals surface area contributed by atoms with E-state index in [0.29, 0.717) is 22.3 Å².